The molecule has 29 heavy (non-hydrogen) atoms. The molecule has 0 bridgehead atoms. The van der Waals surface area contributed by atoms with E-state index in [9.17, 15) is 29.7 Å². The van der Waals surface area contributed by atoms with Gasteiger partial charge in [-0.25, -0.2) is 0 Å². The zero-order valence-electron chi connectivity index (χ0n) is 16.1. The van der Waals surface area contributed by atoms with Crippen molar-refractivity contribution in [3.8, 4) is 5.69 Å². The van der Waals surface area contributed by atoms with Gasteiger partial charge in [0.25, 0.3) is 11.5 Å². The number of nitrogens with one attached hydrogen (secondary N) is 1. The van der Waals surface area contributed by atoms with E-state index in [2.05, 4.69) is 5.32 Å². The quantitative estimate of drug-likeness (QED) is 0.545. The molecule has 0 aliphatic heterocycles. The largest absolute Gasteiger partial charge is 0.394 e. The number of hydrogen-bond donors (Lipinski definition) is 4. The topological polar surface area (TPSA) is 129 Å². The number of aliphatic hydroxyl groups is 3. The van der Waals surface area contributed by atoms with E-state index in [-0.39, 0.29) is 11.3 Å². The van der Waals surface area contributed by atoms with Gasteiger partial charge >= 0.3 is 0 Å². The minimum Gasteiger partial charge on any atom is -0.394 e. The highest BCUT2D eigenvalue weighted by molar-refractivity contribution is 6.02. The van der Waals surface area contributed by atoms with E-state index in [0.717, 1.165) is 5.56 Å². The lowest BCUT2D eigenvalue weighted by Gasteiger charge is -2.29. The number of ketones is 1. The van der Waals surface area contributed by atoms with E-state index in [0.29, 0.717) is 36.2 Å². The summed E-state index contributed by atoms with van der Waals surface area (Å²) in [7, 11) is 0. The molecule has 4 N–H and O–H groups in total. The second-order valence-corrected chi connectivity index (χ2v) is 7.38. The molecule has 1 aliphatic carbocycles. The Morgan fingerprint density at radius 1 is 1.07 bits per heavy atom. The first-order valence-corrected chi connectivity index (χ1v) is 9.40. The van der Waals surface area contributed by atoms with Crippen molar-refractivity contribution in [1.82, 2.24) is 9.88 Å². The number of aryl methyl sites for hydroxylation is 1. The molecule has 0 unspecified atom stereocenters. The van der Waals surface area contributed by atoms with Crippen LogP contribution in [0.15, 0.2) is 35.1 Å². The number of carbonyl (C=O) groups excluding carboxylic acids is 2. The first-order valence-electron chi connectivity index (χ1n) is 9.40. The maximum Gasteiger partial charge on any atom is 0.268 e. The molecule has 0 spiro atoms. The van der Waals surface area contributed by atoms with Crippen LogP contribution in [0.2, 0.25) is 0 Å². The Kier molecular flexibility index (Phi) is 5.97. The van der Waals surface area contributed by atoms with Crippen LogP contribution in [-0.4, -0.2) is 56.9 Å². The molecule has 0 saturated heterocycles. The highest BCUT2D eigenvalue weighted by Gasteiger charge is 2.33. The van der Waals surface area contributed by atoms with Gasteiger partial charge < -0.3 is 20.6 Å². The van der Waals surface area contributed by atoms with Gasteiger partial charge in [0.2, 0.25) is 0 Å². The molecule has 154 valence electrons. The van der Waals surface area contributed by atoms with Crippen molar-refractivity contribution in [1.29, 1.82) is 0 Å². The number of carbonyl (C=O) groups is 2. The van der Waals surface area contributed by atoms with Crippen LogP contribution in [0.25, 0.3) is 5.69 Å². The zero-order valence-corrected chi connectivity index (χ0v) is 16.1. The van der Waals surface area contributed by atoms with E-state index in [4.69, 9.17) is 0 Å². The highest BCUT2D eigenvalue weighted by Crippen LogP contribution is 2.24. The van der Waals surface area contributed by atoms with E-state index < -0.39 is 36.8 Å². The van der Waals surface area contributed by atoms with Crippen molar-refractivity contribution in [3.05, 3.63) is 63.1 Å². The number of aliphatic hydroxyl groups excluding tert-OH is 3. The monoisotopic (exact) mass is 400 g/mol. The molecule has 1 heterocycles. The molecule has 8 nitrogen and oxygen atoms in total. The summed E-state index contributed by atoms with van der Waals surface area (Å²) in [6.07, 6.45) is 1.47. The number of benzene rings is 1. The lowest BCUT2D eigenvalue weighted by molar-refractivity contribution is 0.0374. The fourth-order valence-corrected chi connectivity index (χ4v) is 3.40. The van der Waals surface area contributed by atoms with Gasteiger partial charge in [-0.3, -0.25) is 19.0 Å². The summed E-state index contributed by atoms with van der Waals surface area (Å²) >= 11 is 0. The van der Waals surface area contributed by atoms with E-state index in [1.165, 1.54) is 10.6 Å². The summed E-state index contributed by atoms with van der Waals surface area (Å²) in [5.41, 5.74) is -0.174. The number of Topliss-reactive ketones (excluding diaryl/α,β-unsaturated/α-hetero) is 1. The van der Waals surface area contributed by atoms with Crippen LogP contribution < -0.4 is 10.9 Å². The molecule has 1 aromatic heterocycles. The summed E-state index contributed by atoms with van der Waals surface area (Å²) in [6.45, 7) is -0.251. The fraction of sp³-hybridized carbons (Fsp3) is 0.381. The lowest BCUT2D eigenvalue weighted by Crippen LogP contribution is -2.57. The molecule has 2 aromatic rings. The normalized spacial score (nSPS) is 13.9. The predicted octanol–water partition coefficient (Wildman–Crippen LogP) is 0.110. The van der Waals surface area contributed by atoms with E-state index >= 15 is 0 Å². The van der Waals surface area contributed by atoms with Crippen molar-refractivity contribution in [3.63, 3.8) is 0 Å². The molecule has 0 atom stereocenters. The average molecular weight is 400 g/mol. The average Bonchev–Trinajstić information content (AvgIpc) is 2.73. The molecule has 1 amide bonds. The summed E-state index contributed by atoms with van der Waals surface area (Å²) in [6, 6.07) is 8.43. The van der Waals surface area contributed by atoms with Crippen LogP contribution in [0.4, 0.5) is 0 Å². The van der Waals surface area contributed by atoms with E-state index in [1.807, 2.05) is 19.1 Å². The van der Waals surface area contributed by atoms with Gasteiger partial charge in [0.15, 0.2) is 5.78 Å². The Bertz CT molecular complexity index is 981. The van der Waals surface area contributed by atoms with Crippen LogP contribution in [-0.2, 0) is 6.42 Å². The van der Waals surface area contributed by atoms with Gasteiger partial charge in [-0.2, -0.15) is 0 Å². The van der Waals surface area contributed by atoms with Crippen molar-refractivity contribution >= 4 is 11.7 Å². The van der Waals surface area contributed by atoms with Gasteiger partial charge in [-0.05, 0) is 38.0 Å². The Morgan fingerprint density at radius 2 is 1.69 bits per heavy atom. The van der Waals surface area contributed by atoms with Crippen LogP contribution in [0.5, 0.6) is 0 Å². The van der Waals surface area contributed by atoms with E-state index in [1.54, 1.807) is 12.1 Å². The number of nitrogens with zero attached hydrogens (tertiary/aromatic N) is 1. The Hall–Kier alpha value is -2.81. The van der Waals surface area contributed by atoms with Gasteiger partial charge in [-0.15, -0.1) is 0 Å². The Morgan fingerprint density at radius 3 is 2.28 bits per heavy atom. The molecular weight excluding hydrogens is 376 g/mol. The molecule has 1 aromatic carbocycles. The Labute approximate surface area is 167 Å². The summed E-state index contributed by atoms with van der Waals surface area (Å²) in [4.78, 5) is 38.5. The van der Waals surface area contributed by atoms with Crippen molar-refractivity contribution in [2.45, 2.75) is 31.7 Å². The predicted molar refractivity (Wildman–Crippen MR) is 105 cm³/mol. The van der Waals surface area contributed by atoms with Gasteiger partial charge in [-0.1, -0.05) is 17.7 Å². The molecule has 8 heteroatoms. The number of fused-ring (bicyclic) bond motifs is 1. The smallest absolute Gasteiger partial charge is 0.268 e. The van der Waals surface area contributed by atoms with Crippen molar-refractivity contribution in [2.75, 3.05) is 19.8 Å². The second kappa shape index (κ2) is 8.28. The van der Waals surface area contributed by atoms with Gasteiger partial charge in [0, 0.05) is 23.4 Å². The minimum atomic E-state index is -1.68. The van der Waals surface area contributed by atoms with Gasteiger partial charge in [0.05, 0.1) is 19.8 Å². The van der Waals surface area contributed by atoms with Crippen LogP contribution in [0, 0.1) is 6.92 Å². The molecule has 3 rings (SSSR count). The standard InChI is InChI=1S/C21H24N2O6/c1-13-5-7-14(8-6-13)23-17-3-2-4-18(27)15(17)9-16(20(23)29)19(28)22-21(10-24,11-25)12-26/h5-9,24-26H,2-4,10-12H2,1H3,(H,22,28). The third kappa shape index (κ3) is 3.87. The first-order chi connectivity index (χ1) is 13.9. The number of hydrogen-bond acceptors (Lipinski definition) is 6. The number of amides is 1. The van der Waals surface area contributed by atoms with Crippen LogP contribution in [0.1, 0.15) is 44.8 Å². The number of pyridine rings is 1. The third-order valence-electron chi connectivity index (χ3n) is 5.24. The summed E-state index contributed by atoms with van der Waals surface area (Å²) in [5.74, 6) is -1.03. The number of aromatic nitrogens is 1. The second-order valence-electron chi connectivity index (χ2n) is 7.38. The maximum atomic E-state index is 13.2. The molecule has 0 fully saturated rings. The zero-order chi connectivity index (χ0) is 21.2. The number of rotatable bonds is 6. The molecule has 1 aliphatic rings. The molecular formula is C21H24N2O6. The van der Waals surface area contributed by atoms with Crippen molar-refractivity contribution in [2.24, 2.45) is 0 Å². The first kappa shape index (κ1) is 20.9. The summed E-state index contributed by atoms with van der Waals surface area (Å²) < 4.78 is 1.37. The maximum absolute atomic E-state index is 13.2. The third-order valence-corrected chi connectivity index (χ3v) is 5.24. The van der Waals surface area contributed by atoms with Gasteiger partial charge in [0.1, 0.15) is 11.1 Å². The molecule has 0 saturated carbocycles. The summed E-state index contributed by atoms with van der Waals surface area (Å²) in [5, 5.41) is 30.7. The lowest BCUT2D eigenvalue weighted by atomic mass is 9.92. The SMILES string of the molecule is Cc1ccc(-n2c3c(cc(C(=O)NC(CO)(CO)CO)c2=O)C(=O)CCC3)cc1. The van der Waals surface area contributed by atoms with Crippen LogP contribution in [0.3, 0.4) is 0 Å². The molecule has 0 radical (unpaired) electrons. The van der Waals surface area contributed by atoms with Crippen LogP contribution >= 0.6 is 0 Å². The highest BCUT2D eigenvalue weighted by atomic mass is 16.3. The van der Waals surface area contributed by atoms with Crippen molar-refractivity contribution < 1.29 is 24.9 Å². The fourth-order valence-electron chi connectivity index (χ4n) is 3.40. The Balaban J connectivity index is 2.19. The minimum absolute atomic E-state index is 0.154.